The fourth-order valence-electron chi connectivity index (χ4n) is 2.33. The summed E-state index contributed by atoms with van der Waals surface area (Å²) in [5.41, 5.74) is 1.80. The molecule has 3 rings (SSSR count). The molecule has 0 atom stereocenters. The van der Waals surface area contributed by atoms with Crippen molar-refractivity contribution in [3.8, 4) is 11.3 Å². The van der Waals surface area contributed by atoms with Gasteiger partial charge in [0.15, 0.2) is 5.76 Å². The highest BCUT2D eigenvalue weighted by Crippen LogP contribution is 2.24. The zero-order valence-electron chi connectivity index (χ0n) is 14.0. The van der Waals surface area contributed by atoms with Gasteiger partial charge >= 0.3 is 5.97 Å². The third-order valence-electron chi connectivity index (χ3n) is 3.61. The van der Waals surface area contributed by atoms with Gasteiger partial charge in [-0.1, -0.05) is 11.6 Å². The zero-order chi connectivity index (χ0) is 18.5. The average Bonchev–Trinajstić information content (AvgIpc) is 3.13. The van der Waals surface area contributed by atoms with E-state index in [1.54, 1.807) is 55.5 Å². The minimum absolute atomic E-state index is 0.185. The summed E-state index contributed by atoms with van der Waals surface area (Å²) >= 11 is 5.87. The molecule has 0 radical (unpaired) electrons. The highest BCUT2D eigenvalue weighted by atomic mass is 35.5. The molecule has 1 heterocycles. The van der Waals surface area contributed by atoms with Crippen LogP contribution >= 0.6 is 11.6 Å². The van der Waals surface area contributed by atoms with Crippen molar-refractivity contribution in [1.29, 1.82) is 0 Å². The summed E-state index contributed by atoms with van der Waals surface area (Å²) < 4.78 is 10.5. The van der Waals surface area contributed by atoms with Gasteiger partial charge in [0.25, 0.3) is 5.91 Å². The van der Waals surface area contributed by atoms with Gasteiger partial charge in [0, 0.05) is 16.3 Å². The van der Waals surface area contributed by atoms with Crippen molar-refractivity contribution in [2.24, 2.45) is 0 Å². The van der Waals surface area contributed by atoms with E-state index in [9.17, 15) is 9.59 Å². The number of hydrogen-bond donors (Lipinski definition) is 1. The lowest BCUT2D eigenvalue weighted by atomic mass is 10.2. The number of furan rings is 1. The Kier molecular flexibility index (Phi) is 5.39. The number of hydrogen-bond acceptors (Lipinski definition) is 4. The molecule has 0 fully saturated rings. The highest BCUT2D eigenvalue weighted by Gasteiger charge is 2.13. The highest BCUT2D eigenvalue weighted by molar-refractivity contribution is 6.30. The molecule has 1 aromatic heterocycles. The second-order valence-electron chi connectivity index (χ2n) is 5.42. The van der Waals surface area contributed by atoms with E-state index < -0.39 is 5.97 Å². The molecular formula is C20H16ClNO4. The van der Waals surface area contributed by atoms with Gasteiger partial charge in [-0.3, -0.25) is 4.79 Å². The first-order valence-corrected chi connectivity index (χ1v) is 8.39. The minimum atomic E-state index is -0.399. The smallest absolute Gasteiger partial charge is 0.338 e. The molecule has 0 aliphatic carbocycles. The van der Waals surface area contributed by atoms with Gasteiger partial charge in [-0.2, -0.15) is 0 Å². The molecule has 0 saturated heterocycles. The molecule has 26 heavy (non-hydrogen) atoms. The average molecular weight is 370 g/mol. The van der Waals surface area contributed by atoms with E-state index in [-0.39, 0.29) is 11.7 Å². The fourth-order valence-corrected chi connectivity index (χ4v) is 2.45. The largest absolute Gasteiger partial charge is 0.462 e. The van der Waals surface area contributed by atoms with Gasteiger partial charge in [-0.15, -0.1) is 0 Å². The number of carbonyl (C=O) groups excluding carboxylic acids is 2. The van der Waals surface area contributed by atoms with Crippen LogP contribution in [0.15, 0.2) is 65.1 Å². The van der Waals surface area contributed by atoms with Crippen LogP contribution in [0.2, 0.25) is 5.02 Å². The van der Waals surface area contributed by atoms with Gasteiger partial charge in [-0.05, 0) is 67.6 Å². The predicted molar refractivity (Wildman–Crippen MR) is 99.5 cm³/mol. The van der Waals surface area contributed by atoms with E-state index in [0.717, 1.165) is 5.56 Å². The van der Waals surface area contributed by atoms with Crippen molar-refractivity contribution in [1.82, 2.24) is 0 Å². The van der Waals surface area contributed by atoms with Crippen molar-refractivity contribution in [3.05, 3.63) is 77.0 Å². The first-order valence-electron chi connectivity index (χ1n) is 8.01. The van der Waals surface area contributed by atoms with E-state index in [1.165, 1.54) is 0 Å². The van der Waals surface area contributed by atoms with Crippen LogP contribution in [0.5, 0.6) is 0 Å². The third kappa shape index (κ3) is 4.13. The normalized spacial score (nSPS) is 10.4. The van der Waals surface area contributed by atoms with Crippen LogP contribution in [-0.4, -0.2) is 18.5 Å². The summed E-state index contributed by atoms with van der Waals surface area (Å²) in [6.45, 7) is 2.06. The number of esters is 1. The molecule has 0 aliphatic rings. The Bertz CT molecular complexity index is 914. The first-order chi connectivity index (χ1) is 12.6. The van der Waals surface area contributed by atoms with Crippen LogP contribution in [0.4, 0.5) is 5.69 Å². The van der Waals surface area contributed by atoms with E-state index in [1.807, 2.05) is 12.1 Å². The van der Waals surface area contributed by atoms with Gasteiger partial charge in [-0.25, -0.2) is 4.79 Å². The Morgan fingerprint density at radius 3 is 2.35 bits per heavy atom. The number of benzene rings is 2. The van der Waals surface area contributed by atoms with Crippen molar-refractivity contribution >= 4 is 29.2 Å². The Balaban J connectivity index is 1.68. The van der Waals surface area contributed by atoms with Crippen LogP contribution < -0.4 is 5.32 Å². The Morgan fingerprint density at radius 1 is 1.00 bits per heavy atom. The molecule has 1 N–H and O–H groups in total. The maximum atomic E-state index is 12.3. The lowest BCUT2D eigenvalue weighted by Gasteiger charge is -2.05. The van der Waals surface area contributed by atoms with Crippen molar-refractivity contribution in [2.75, 3.05) is 11.9 Å². The number of rotatable bonds is 5. The number of nitrogens with one attached hydrogen (secondary N) is 1. The molecule has 5 nitrogen and oxygen atoms in total. The van der Waals surface area contributed by atoms with Crippen LogP contribution in [-0.2, 0) is 4.74 Å². The second kappa shape index (κ2) is 7.89. The number of amides is 1. The molecule has 0 unspecified atom stereocenters. The zero-order valence-corrected chi connectivity index (χ0v) is 14.7. The lowest BCUT2D eigenvalue weighted by Crippen LogP contribution is -2.11. The standard InChI is InChI=1S/C20H16ClNO4/c1-2-25-20(24)14-5-9-16(10-6-14)22-19(23)18-12-11-17(26-18)13-3-7-15(21)8-4-13/h3-12H,2H2,1H3,(H,22,23). The quantitative estimate of drug-likeness (QED) is 0.640. The third-order valence-corrected chi connectivity index (χ3v) is 3.86. The number of carbonyl (C=O) groups is 2. The number of anilines is 1. The maximum Gasteiger partial charge on any atom is 0.338 e. The molecule has 132 valence electrons. The van der Waals surface area contributed by atoms with Crippen LogP contribution in [0.3, 0.4) is 0 Å². The molecule has 0 saturated carbocycles. The summed E-state index contributed by atoms with van der Waals surface area (Å²) in [4.78, 5) is 23.9. The molecular weight excluding hydrogens is 354 g/mol. The summed E-state index contributed by atoms with van der Waals surface area (Å²) in [7, 11) is 0. The monoisotopic (exact) mass is 369 g/mol. The van der Waals surface area contributed by atoms with Crippen molar-refractivity contribution in [2.45, 2.75) is 6.92 Å². The van der Waals surface area contributed by atoms with E-state index in [0.29, 0.717) is 28.6 Å². The molecule has 1 amide bonds. The molecule has 3 aromatic rings. The van der Waals surface area contributed by atoms with Crippen molar-refractivity contribution in [3.63, 3.8) is 0 Å². The first kappa shape index (κ1) is 17.8. The Morgan fingerprint density at radius 2 is 1.69 bits per heavy atom. The number of ether oxygens (including phenoxy) is 1. The molecule has 2 aromatic carbocycles. The fraction of sp³-hybridized carbons (Fsp3) is 0.100. The Labute approximate surface area is 155 Å². The van der Waals surface area contributed by atoms with Crippen LogP contribution in [0, 0.1) is 0 Å². The van der Waals surface area contributed by atoms with Gasteiger partial charge in [0.1, 0.15) is 5.76 Å². The van der Waals surface area contributed by atoms with E-state index in [4.69, 9.17) is 20.8 Å². The van der Waals surface area contributed by atoms with Gasteiger partial charge in [0.2, 0.25) is 0 Å². The summed E-state index contributed by atoms with van der Waals surface area (Å²) in [6.07, 6.45) is 0. The molecule has 6 heteroatoms. The SMILES string of the molecule is CCOC(=O)c1ccc(NC(=O)c2ccc(-c3ccc(Cl)cc3)o2)cc1. The predicted octanol–water partition coefficient (Wildman–Crippen LogP) is 5.03. The topological polar surface area (TPSA) is 68.5 Å². The minimum Gasteiger partial charge on any atom is -0.462 e. The van der Waals surface area contributed by atoms with Crippen molar-refractivity contribution < 1.29 is 18.7 Å². The molecule has 0 spiro atoms. The van der Waals surface area contributed by atoms with E-state index >= 15 is 0 Å². The van der Waals surface area contributed by atoms with Crippen LogP contribution in [0.1, 0.15) is 27.8 Å². The van der Waals surface area contributed by atoms with Gasteiger partial charge < -0.3 is 14.5 Å². The van der Waals surface area contributed by atoms with Crippen LogP contribution in [0.25, 0.3) is 11.3 Å². The maximum absolute atomic E-state index is 12.3. The summed E-state index contributed by atoms with van der Waals surface area (Å²) in [5, 5.41) is 3.35. The lowest BCUT2D eigenvalue weighted by molar-refractivity contribution is 0.0526. The Hall–Kier alpha value is -3.05. The second-order valence-corrected chi connectivity index (χ2v) is 5.86. The van der Waals surface area contributed by atoms with E-state index in [2.05, 4.69) is 5.32 Å². The molecule has 0 aliphatic heterocycles. The van der Waals surface area contributed by atoms with Gasteiger partial charge in [0.05, 0.1) is 12.2 Å². The number of halogens is 1. The summed E-state index contributed by atoms with van der Waals surface area (Å²) in [6, 6.07) is 16.9. The summed E-state index contributed by atoms with van der Waals surface area (Å²) in [5.74, 6) is -0.0213. The molecule has 0 bridgehead atoms.